The minimum absolute atomic E-state index is 0.811. The van der Waals surface area contributed by atoms with Gasteiger partial charge < -0.3 is 20.8 Å². The van der Waals surface area contributed by atoms with Gasteiger partial charge in [0.1, 0.15) is 0 Å². The molecule has 118 valence electrons. The first-order valence-corrected chi connectivity index (χ1v) is 7.59. The van der Waals surface area contributed by atoms with Gasteiger partial charge in [-0.3, -0.25) is 0 Å². The van der Waals surface area contributed by atoms with Crippen LogP contribution < -0.4 is 10.6 Å². The quantitative estimate of drug-likeness (QED) is 0.726. The van der Waals surface area contributed by atoms with Crippen LogP contribution in [0.1, 0.15) is 37.7 Å². The molecule has 21 heavy (non-hydrogen) atoms. The summed E-state index contributed by atoms with van der Waals surface area (Å²) in [6, 6.07) is 9.12. The maximum atomic E-state index is 8.56. The van der Waals surface area contributed by atoms with Crippen molar-refractivity contribution in [3.05, 3.63) is 29.8 Å². The first-order chi connectivity index (χ1) is 10.1. The summed E-state index contributed by atoms with van der Waals surface area (Å²) in [5, 5.41) is 13.9. The minimum atomic E-state index is -1.83. The van der Waals surface area contributed by atoms with E-state index >= 15 is 0 Å². The van der Waals surface area contributed by atoms with Gasteiger partial charge in [-0.1, -0.05) is 12.1 Å². The predicted octanol–water partition coefficient (Wildman–Crippen LogP) is 3.18. The summed E-state index contributed by atoms with van der Waals surface area (Å²) in [6.07, 6.45) is 5.76. The zero-order chi connectivity index (χ0) is 15.5. The van der Waals surface area contributed by atoms with Crippen molar-refractivity contribution in [2.24, 2.45) is 5.73 Å². The summed E-state index contributed by atoms with van der Waals surface area (Å²) in [5.41, 5.74) is 8.35. The van der Waals surface area contributed by atoms with Crippen molar-refractivity contribution in [2.45, 2.75) is 38.5 Å². The Bertz CT molecular complexity index is 396. The van der Waals surface area contributed by atoms with Crippen molar-refractivity contribution in [1.29, 1.82) is 0 Å². The smallest absolute Gasteiger partial charge is 0.450 e. The van der Waals surface area contributed by atoms with Gasteiger partial charge in [0.05, 0.1) is 0 Å². The predicted molar refractivity (Wildman–Crippen MR) is 85.2 cm³/mol. The van der Waals surface area contributed by atoms with E-state index in [1.165, 1.54) is 50.0 Å². The second kappa shape index (κ2) is 10.0. The number of unbranched alkanes of at least 4 members (excludes halogenated alkanes) is 1. The average Bonchev–Trinajstić information content (AvgIpc) is 2.49. The van der Waals surface area contributed by atoms with Crippen LogP contribution in [0, 0.1) is 0 Å². The zero-order valence-corrected chi connectivity index (χ0v) is 12.5. The summed E-state index contributed by atoms with van der Waals surface area (Å²) in [4.78, 5) is 11.1. The highest BCUT2D eigenvalue weighted by molar-refractivity contribution is 5.53. The van der Waals surface area contributed by atoms with Crippen molar-refractivity contribution in [1.82, 2.24) is 0 Å². The van der Waals surface area contributed by atoms with Gasteiger partial charge in [-0.15, -0.1) is 0 Å². The normalized spacial score (nSPS) is 14.2. The standard InChI is InChI=1S/C15H24N2.CH2O3/c16-11-3-2-6-14-7-9-15(10-8-14)17-12-4-1-5-13-17;2-1(3)4/h7-10H,1-6,11-13,16H2;(H2,2,3,4). The summed E-state index contributed by atoms with van der Waals surface area (Å²) < 4.78 is 0. The molecular formula is C16H26N2O3. The Morgan fingerprint density at radius 3 is 2.14 bits per heavy atom. The molecule has 1 aliphatic heterocycles. The molecule has 0 aliphatic carbocycles. The number of benzene rings is 1. The summed E-state index contributed by atoms with van der Waals surface area (Å²) in [6.45, 7) is 3.27. The van der Waals surface area contributed by atoms with Crippen LogP contribution in [0.25, 0.3) is 0 Å². The van der Waals surface area contributed by atoms with Gasteiger partial charge in [0.2, 0.25) is 0 Å². The Hall–Kier alpha value is -1.75. The number of hydrogen-bond acceptors (Lipinski definition) is 3. The highest BCUT2D eigenvalue weighted by atomic mass is 16.6. The molecule has 1 heterocycles. The van der Waals surface area contributed by atoms with Crippen LogP contribution in [0.5, 0.6) is 0 Å². The fourth-order valence-electron chi connectivity index (χ4n) is 2.50. The van der Waals surface area contributed by atoms with E-state index in [9.17, 15) is 0 Å². The fraction of sp³-hybridized carbons (Fsp3) is 0.562. The number of carboxylic acid groups (broad SMARTS) is 2. The van der Waals surface area contributed by atoms with Gasteiger partial charge in [0.15, 0.2) is 0 Å². The van der Waals surface area contributed by atoms with Crippen molar-refractivity contribution in [3.8, 4) is 0 Å². The van der Waals surface area contributed by atoms with Crippen LogP contribution in [0.4, 0.5) is 10.5 Å². The first-order valence-electron chi connectivity index (χ1n) is 7.59. The molecule has 5 nitrogen and oxygen atoms in total. The highest BCUT2D eigenvalue weighted by Crippen LogP contribution is 2.20. The molecule has 4 N–H and O–H groups in total. The van der Waals surface area contributed by atoms with Gasteiger partial charge >= 0.3 is 6.16 Å². The lowest BCUT2D eigenvalue weighted by Gasteiger charge is -2.28. The van der Waals surface area contributed by atoms with Crippen molar-refractivity contribution >= 4 is 11.8 Å². The zero-order valence-electron chi connectivity index (χ0n) is 12.5. The Labute approximate surface area is 126 Å². The second-order valence-corrected chi connectivity index (χ2v) is 5.24. The molecule has 1 aliphatic rings. The van der Waals surface area contributed by atoms with Crippen LogP contribution in [-0.2, 0) is 6.42 Å². The molecule has 1 aromatic carbocycles. The number of carbonyl (C=O) groups is 1. The lowest BCUT2D eigenvalue weighted by molar-refractivity contribution is 0.137. The van der Waals surface area contributed by atoms with E-state index in [1.807, 2.05) is 0 Å². The van der Waals surface area contributed by atoms with Crippen molar-refractivity contribution < 1.29 is 15.0 Å². The van der Waals surface area contributed by atoms with Crippen LogP contribution >= 0.6 is 0 Å². The van der Waals surface area contributed by atoms with Gasteiger partial charge in [-0.05, 0) is 62.8 Å². The maximum Gasteiger partial charge on any atom is 0.503 e. The summed E-state index contributed by atoms with van der Waals surface area (Å²) in [5.74, 6) is 0. The van der Waals surface area contributed by atoms with Crippen LogP contribution in [0.2, 0.25) is 0 Å². The Morgan fingerprint density at radius 2 is 1.62 bits per heavy atom. The summed E-state index contributed by atoms with van der Waals surface area (Å²) >= 11 is 0. The van der Waals surface area contributed by atoms with Crippen LogP contribution in [0.15, 0.2) is 24.3 Å². The third kappa shape index (κ3) is 7.56. The first kappa shape index (κ1) is 17.3. The van der Waals surface area contributed by atoms with E-state index in [0.29, 0.717) is 0 Å². The van der Waals surface area contributed by atoms with E-state index in [1.54, 1.807) is 0 Å². The number of nitrogens with two attached hydrogens (primary N) is 1. The molecule has 0 atom stereocenters. The molecule has 0 saturated carbocycles. The lowest BCUT2D eigenvalue weighted by atomic mass is 10.1. The molecular weight excluding hydrogens is 268 g/mol. The molecule has 0 bridgehead atoms. The van der Waals surface area contributed by atoms with E-state index in [-0.39, 0.29) is 0 Å². The monoisotopic (exact) mass is 294 g/mol. The van der Waals surface area contributed by atoms with E-state index in [4.69, 9.17) is 20.7 Å². The Balaban J connectivity index is 0.000000491. The highest BCUT2D eigenvalue weighted by Gasteiger charge is 2.10. The van der Waals surface area contributed by atoms with Gasteiger partial charge in [0.25, 0.3) is 0 Å². The van der Waals surface area contributed by atoms with Gasteiger partial charge in [0, 0.05) is 18.8 Å². The average molecular weight is 294 g/mol. The largest absolute Gasteiger partial charge is 0.503 e. The molecule has 0 unspecified atom stereocenters. The number of piperidine rings is 1. The maximum absolute atomic E-state index is 8.56. The lowest BCUT2D eigenvalue weighted by Crippen LogP contribution is -2.29. The van der Waals surface area contributed by atoms with Crippen LogP contribution in [0.3, 0.4) is 0 Å². The Kier molecular flexibility index (Phi) is 8.28. The van der Waals surface area contributed by atoms with Crippen LogP contribution in [-0.4, -0.2) is 36.0 Å². The molecule has 1 saturated heterocycles. The third-order valence-corrected chi connectivity index (χ3v) is 3.58. The van der Waals surface area contributed by atoms with E-state index < -0.39 is 6.16 Å². The SMILES string of the molecule is NCCCCc1ccc(N2CCCCC2)cc1.O=C(O)O. The fourth-order valence-corrected chi connectivity index (χ4v) is 2.50. The molecule has 1 fully saturated rings. The van der Waals surface area contributed by atoms with E-state index in [0.717, 1.165) is 19.4 Å². The number of anilines is 1. The third-order valence-electron chi connectivity index (χ3n) is 3.58. The Morgan fingerprint density at radius 1 is 1.05 bits per heavy atom. The van der Waals surface area contributed by atoms with E-state index in [2.05, 4.69) is 29.2 Å². The van der Waals surface area contributed by atoms with Gasteiger partial charge in [-0.25, -0.2) is 4.79 Å². The van der Waals surface area contributed by atoms with Crippen molar-refractivity contribution in [3.63, 3.8) is 0 Å². The number of aryl methyl sites for hydroxylation is 1. The van der Waals surface area contributed by atoms with Gasteiger partial charge in [-0.2, -0.15) is 0 Å². The molecule has 0 amide bonds. The minimum Gasteiger partial charge on any atom is -0.450 e. The number of hydrogen-bond donors (Lipinski definition) is 3. The number of nitrogens with zero attached hydrogens (tertiary/aromatic N) is 1. The molecule has 0 radical (unpaired) electrons. The molecule has 0 spiro atoms. The molecule has 1 aromatic rings. The molecule has 2 rings (SSSR count). The molecule has 0 aromatic heterocycles. The topological polar surface area (TPSA) is 86.8 Å². The molecule has 5 heteroatoms. The number of rotatable bonds is 5. The van der Waals surface area contributed by atoms with Crippen molar-refractivity contribution in [2.75, 3.05) is 24.5 Å². The second-order valence-electron chi connectivity index (χ2n) is 5.24. The summed E-state index contributed by atoms with van der Waals surface area (Å²) in [7, 11) is 0.